The monoisotopic (exact) mass is 1020 g/mol. The van der Waals surface area contributed by atoms with Crippen LogP contribution in [0.15, 0.2) is 103 Å². The normalized spacial score (nSPS) is 14.6. The van der Waals surface area contributed by atoms with Crippen molar-refractivity contribution in [2.24, 2.45) is 10.2 Å². The first-order chi connectivity index (χ1) is 28.9. The van der Waals surface area contributed by atoms with Crippen molar-refractivity contribution in [1.82, 2.24) is 0 Å². The van der Waals surface area contributed by atoms with Gasteiger partial charge >= 0.3 is 124 Å². The van der Waals surface area contributed by atoms with E-state index in [1.807, 2.05) is 0 Å². The van der Waals surface area contributed by atoms with Crippen molar-refractivity contribution in [3.05, 3.63) is 105 Å². The number of nitrogens with one attached hydrogen (secondary N) is 4. The second-order valence-electron chi connectivity index (χ2n) is 12.5. The van der Waals surface area contributed by atoms with Gasteiger partial charge in [0, 0.05) is 22.5 Å². The van der Waals surface area contributed by atoms with Crippen LogP contribution in [0.25, 0.3) is 12.2 Å². The summed E-state index contributed by atoms with van der Waals surface area (Å²) in [6.07, 6.45) is 1.64. The number of ketones is 2. The molecule has 4 N–H and O–H groups in total. The topological polar surface area (TPSA) is 371 Å². The summed E-state index contributed by atoms with van der Waals surface area (Å²) < 4.78 is 152. The number of Topliss-reactive ketones (excluding diaryl/α,β-unsaturated/α-hetero) is 2. The fourth-order valence-electron chi connectivity index (χ4n) is 5.79. The SMILES string of the molecule is COc1cc(S(=O)(=O)[O-])ccc1N/N=C1/C(=O)c2ccc(NC(=O)Nc3ccc4c(c3)C=C(S(=O)(=O)[O-])/C(=N\Nc3ccc(S(=O)(=O)[O-])cc3OC)C4=O)cc2C=C1S(=O)(=O)[O-].[Na+].[Na+].[Na+].[Na+]. The molecule has 324 valence electrons. The Morgan fingerprint density at radius 3 is 1.17 bits per heavy atom. The zero-order valence-electron chi connectivity index (χ0n) is 35.1. The minimum absolute atomic E-state index is 0. The Kier molecular flexibility index (Phi) is 20.8. The first kappa shape index (κ1) is 59.3. The molecule has 66 heavy (non-hydrogen) atoms. The molecule has 0 saturated heterocycles. The molecule has 0 spiro atoms. The van der Waals surface area contributed by atoms with Crippen LogP contribution in [0.4, 0.5) is 27.5 Å². The maximum absolute atomic E-state index is 13.4. The number of allylic oxidation sites excluding steroid dienone is 2. The Bertz CT molecular complexity index is 3030. The number of hydrogen-bond donors (Lipinski definition) is 4. The molecule has 0 unspecified atom stereocenters. The molecular weight excluding hydrogens is 997 g/mol. The van der Waals surface area contributed by atoms with Gasteiger partial charge in [-0.3, -0.25) is 20.4 Å². The van der Waals surface area contributed by atoms with E-state index in [9.17, 15) is 66.3 Å². The van der Waals surface area contributed by atoms with Gasteiger partial charge in [0.15, 0.2) is 0 Å². The van der Waals surface area contributed by atoms with Crippen molar-refractivity contribution in [2.45, 2.75) is 9.79 Å². The molecule has 0 aromatic heterocycles. The second kappa shape index (κ2) is 23.2. The first-order valence-corrected chi connectivity index (χ1v) is 22.3. The van der Waals surface area contributed by atoms with Crippen molar-refractivity contribution in [3.8, 4) is 11.5 Å². The van der Waals surface area contributed by atoms with Crippen LogP contribution in [0.3, 0.4) is 0 Å². The zero-order valence-corrected chi connectivity index (χ0v) is 46.3. The number of methoxy groups -OCH3 is 2. The van der Waals surface area contributed by atoms with Gasteiger partial charge in [-0.05, 0) is 96.1 Å². The Hall–Kier alpha value is -2.85. The van der Waals surface area contributed by atoms with Gasteiger partial charge < -0.3 is 38.3 Å². The van der Waals surface area contributed by atoms with Crippen LogP contribution in [-0.4, -0.2) is 95.1 Å². The van der Waals surface area contributed by atoms with E-state index in [4.69, 9.17) is 9.47 Å². The average Bonchev–Trinajstić information content (AvgIpc) is 3.18. The summed E-state index contributed by atoms with van der Waals surface area (Å²) in [6.45, 7) is 0. The van der Waals surface area contributed by atoms with Gasteiger partial charge in [0.05, 0.1) is 45.2 Å². The van der Waals surface area contributed by atoms with Crippen LogP contribution in [0.1, 0.15) is 31.8 Å². The number of ether oxygens (including phenoxy) is 2. The Balaban J connectivity index is 0.00000374. The molecule has 4 aromatic rings. The minimum Gasteiger partial charge on any atom is -0.744 e. The number of urea groups is 1. The summed E-state index contributed by atoms with van der Waals surface area (Å²) >= 11 is 0. The van der Waals surface area contributed by atoms with Gasteiger partial charge in [-0.1, -0.05) is 0 Å². The van der Waals surface area contributed by atoms with E-state index in [1.54, 1.807) is 0 Å². The minimum atomic E-state index is -5.39. The average molecular weight is 1020 g/mol. The van der Waals surface area contributed by atoms with Crippen molar-refractivity contribution >= 4 is 104 Å². The molecule has 0 heterocycles. The van der Waals surface area contributed by atoms with Crippen molar-refractivity contribution in [3.63, 3.8) is 0 Å². The number of benzene rings is 4. The zero-order chi connectivity index (χ0) is 45.5. The summed E-state index contributed by atoms with van der Waals surface area (Å²) in [5, 5.41) is 12.4. The Labute approximate surface area is 464 Å². The van der Waals surface area contributed by atoms with E-state index in [1.165, 1.54) is 24.3 Å². The van der Waals surface area contributed by atoms with E-state index >= 15 is 0 Å². The van der Waals surface area contributed by atoms with Crippen LogP contribution in [0.5, 0.6) is 11.5 Å². The summed E-state index contributed by atoms with van der Waals surface area (Å²) in [5.41, 5.74) is 2.03. The molecule has 0 fully saturated rings. The fourth-order valence-corrected chi connectivity index (χ4v) is 8.05. The van der Waals surface area contributed by atoms with E-state index in [2.05, 4.69) is 31.7 Å². The molecule has 0 bridgehead atoms. The van der Waals surface area contributed by atoms with Crippen LogP contribution < -0.4 is 149 Å². The van der Waals surface area contributed by atoms with Crippen molar-refractivity contribution in [2.75, 3.05) is 35.7 Å². The third-order valence-electron chi connectivity index (χ3n) is 8.62. The van der Waals surface area contributed by atoms with Crippen LogP contribution in [0, 0.1) is 0 Å². The summed E-state index contributed by atoms with van der Waals surface area (Å²) in [7, 11) is -18.3. The molecule has 4 aromatic carbocycles. The molecule has 23 nitrogen and oxygen atoms in total. The smallest absolute Gasteiger partial charge is 0.744 e. The van der Waals surface area contributed by atoms with E-state index in [0.29, 0.717) is 0 Å². The van der Waals surface area contributed by atoms with Crippen LogP contribution in [-0.2, 0) is 40.5 Å². The van der Waals surface area contributed by atoms with E-state index in [0.717, 1.165) is 74.9 Å². The number of carbonyl (C=O) groups excluding carboxylic acids is 3. The maximum atomic E-state index is 13.4. The molecule has 0 radical (unpaired) electrons. The third kappa shape index (κ3) is 13.7. The van der Waals surface area contributed by atoms with Gasteiger partial charge in [0.1, 0.15) is 63.4 Å². The largest absolute Gasteiger partial charge is 1.00 e. The molecule has 31 heteroatoms. The van der Waals surface area contributed by atoms with Crippen molar-refractivity contribution in [1.29, 1.82) is 0 Å². The van der Waals surface area contributed by atoms with Gasteiger partial charge in [0.2, 0.25) is 11.6 Å². The molecule has 0 saturated carbocycles. The molecule has 2 aliphatic rings. The quantitative estimate of drug-likeness (QED) is 0.0581. The number of nitrogens with zero attached hydrogens (tertiary/aromatic N) is 2. The summed E-state index contributed by atoms with van der Waals surface area (Å²) in [6, 6.07) is 11.8. The number of rotatable bonds is 12. The molecule has 0 atom stereocenters. The standard InChI is InChI=1S/C35H28N6O17S4.4Na/c1-57-27-15-21(59(45,46)47)5-9-25(27)38-40-31-29(61(51,52)53)13-17-11-19(3-7-23(17)33(31)42)36-35(44)37-20-4-8-24-18(12-20)14-30(62(54,55)56)32(34(24)43)41-39-26-10-6-22(60(48,49)50)16-28(26)58-2;;;;/h3-16,38-39H,1-2H3,(H2,36,37,44)(H,45,46,47)(H,48,49,50)(H,51,52,53)(H,54,55,56);;;;/q;4*+1/p-4/b40-31+,41-32+;;;;. The van der Waals surface area contributed by atoms with Crippen LogP contribution in [0.2, 0.25) is 0 Å². The Morgan fingerprint density at radius 2 is 0.864 bits per heavy atom. The van der Waals surface area contributed by atoms with E-state index in [-0.39, 0.29) is 175 Å². The van der Waals surface area contributed by atoms with Gasteiger partial charge in [-0.2, -0.15) is 10.2 Å². The van der Waals surface area contributed by atoms with Crippen LogP contribution >= 0.6 is 0 Å². The molecule has 2 aliphatic carbocycles. The molecular formula is C35H24N6Na4O17S4. The number of anilines is 4. The van der Waals surface area contributed by atoms with Crippen molar-refractivity contribution < 1.29 is 194 Å². The number of hydrogen-bond acceptors (Lipinski definition) is 21. The first-order valence-electron chi connectivity index (χ1n) is 16.7. The number of hydrazone groups is 2. The van der Waals surface area contributed by atoms with E-state index < -0.39 is 89.1 Å². The van der Waals surface area contributed by atoms with Gasteiger partial charge in [0.25, 0.3) is 0 Å². The molecule has 6 rings (SSSR count). The summed E-state index contributed by atoms with van der Waals surface area (Å²) in [4.78, 5) is 36.4. The number of amides is 2. The summed E-state index contributed by atoms with van der Waals surface area (Å²) in [5.74, 6) is -2.57. The number of fused-ring (bicyclic) bond motifs is 2. The third-order valence-corrected chi connectivity index (χ3v) is 12.0. The molecule has 0 aliphatic heterocycles. The van der Waals surface area contributed by atoms with Gasteiger partial charge in [-0.25, -0.2) is 38.5 Å². The molecule has 2 amide bonds. The maximum Gasteiger partial charge on any atom is 1.00 e. The van der Waals surface area contributed by atoms with Gasteiger partial charge in [-0.15, -0.1) is 0 Å². The fraction of sp³-hybridized carbons (Fsp3) is 0.0571. The predicted molar refractivity (Wildman–Crippen MR) is 214 cm³/mol. The number of carbonyl (C=O) groups is 3. The predicted octanol–water partition coefficient (Wildman–Crippen LogP) is -9.73. The second-order valence-corrected chi connectivity index (χ2v) is 18.0. The Morgan fingerprint density at radius 1 is 0.515 bits per heavy atom.